The molecule has 0 saturated heterocycles. The fourth-order valence-corrected chi connectivity index (χ4v) is 1.44. The maximum Gasteiger partial charge on any atom is 0.0785 e. The molecule has 2 heteroatoms. The van der Waals surface area contributed by atoms with Crippen LogP contribution in [-0.2, 0) is 0 Å². The molecule has 0 radical (unpaired) electrons. The standard InChI is InChI=1S/2C8H10.2CH3F/c1-7-3-5-8(2)6-4-7;1-7-4-3-5-8(2)6-7;2*1-2/h2*3-6H,1-2H3;2*1H3. The lowest BCUT2D eigenvalue weighted by molar-refractivity contribution is 0.635. The maximum absolute atomic E-state index is 9.50. The minimum Gasteiger partial charge on any atom is -0.255 e. The van der Waals surface area contributed by atoms with Crippen LogP contribution in [0.1, 0.15) is 22.3 Å². The lowest BCUT2D eigenvalue weighted by atomic mass is 10.2. The third-order valence-corrected chi connectivity index (χ3v) is 2.39. The van der Waals surface area contributed by atoms with E-state index in [0.717, 1.165) is 0 Å². The SMILES string of the molecule is CF.CF.Cc1ccc(C)cc1.Cc1cccc(C)c1. The number of halogens is 2. The normalized spacial score (nSPS) is 8.00. The first kappa shape index (κ1) is 20.6. The van der Waals surface area contributed by atoms with Gasteiger partial charge in [-0.1, -0.05) is 70.8 Å². The number of benzene rings is 2. The predicted molar refractivity (Wildman–Crippen MR) is 85.9 cm³/mol. The first-order valence-corrected chi connectivity index (χ1v) is 6.40. The summed E-state index contributed by atoms with van der Waals surface area (Å²) in [5, 5.41) is 0. The van der Waals surface area contributed by atoms with Crippen molar-refractivity contribution >= 4 is 0 Å². The molecule has 0 heterocycles. The first-order valence-electron chi connectivity index (χ1n) is 6.40. The maximum atomic E-state index is 9.50. The van der Waals surface area contributed by atoms with E-state index in [1.807, 2.05) is 0 Å². The van der Waals surface area contributed by atoms with Crippen LogP contribution < -0.4 is 0 Å². The molecular formula is C18H26F2. The highest BCUT2D eigenvalue weighted by atomic mass is 19.1. The van der Waals surface area contributed by atoms with Gasteiger partial charge in [0.1, 0.15) is 0 Å². The molecule has 0 nitrogen and oxygen atoms in total. The van der Waals surface area contributed by atoms with Crippen molar-refractivity contribution in [3.05, 3.63) is 70.8 Å². The van der Waals surface area contributed by atoms with Crippen molar-refractivity contribution in [1.29, 1.82) is 0 Å². The second kappa shape index (κ2) is 13.7. The third-order valence-electron chi connectivity index (χ3n) is 2.39. The molecule has 0 aliphatic heterocycles. The van der Waals surface area contributed by atoms with Crippen LogP contribution in [0.25, 0.3) is 0 Å². The molecular weight excluding hydrogens is 254 g/mol. The fraction of sp³-hybridized carbons (Fsp3) is 0.333. The molecule has 0 aromatic heterocycles. The molecule has 2 aromatic carbocycles. The summed E-state index contributed by atoms with van der Waals surface area (Å²) in [5.41, 5.74) is 5.33. The monoisotopic (exact) mass is 280 g/mol. The van der Waals surface area contributed by atoms with Crippen molar-refractivity contribution < 1.29 is 8.78 Å². The zero-order chi connectivity index (χ0) is 16.0. The Morgan fingerprint density at radius 2 is 0.800 bits per heavy atom. The van der Waals surface area contributed by atoms with Gasteiger partial charge in [-0.25, -0.2) is 0 Å². The van der Waals surface area contributed by atoms with Crippen LogP contribution in [0.4, 0.5) is 8.78 Å². The molecule has 0 aliphatic rings. The number of rotatable bonds is 0. The van der Waals surface area contributed by atoms with Crippen molar-refractivity contribution in [2.24, 2.45) is 0 Å². The number of aryl methyl sites for hydroxylation is 4. The van der Waals surface area contributed by atoms with Gasteiger partial charge in [0.25, 0.3) is 0 Å². The van der Waals surface area contributed by atoms with E-state index in [9.17, 15) is 8.78 Å². The molecule has 20 heavy (non-hydrogen) atoms. The summed E-state index contributed by atoms with van der Waals surface area (Å²) in [5.74, 6) is 0. The van der Waals surface area contributed by atoms with Crippen LogP contribution in [0.3, 0.4) is 0 Å². The molecule has 0 fully saturated rings. The largest absolute Gasteiger partial charge is 0.255 e. The Morgan fingerprint density at radius 1 is 0.500 bits per heavy atom. The molecule has 0 saturated carbocycles. The minimum atomic E-state index is 0.500. The number of hydrogen-bond acceptors (Lipinski definition) is 0. The quantitative estimate of drug-likeness (QED) is 0.574. The van der Waals surface area contributed by atoms with Gasteiger partial charge in [-0.05, 0) is 27.7 Å². The Bertz CT molecular complexity index is 395. The summed E-state index contributed by atoms with van der Waals surface area (Å²) in [6, 6.07) is 16.9. The second-order valence-corrected chi connectivity index (χ2v) is 4.31. The van der Waals surface area contributed by atoms with Crippen molar-refractivity contribution in [3.63, 3.8) is 0 Å². The first-order chi connectivity index (χ1) is 9.58. The van der Waals surface area contributed by atoms with Gasteiger partial charge < -0.3 is 0 Å². The molecule has 0 N–H and O–H groups in total. The second-order valence-electron chi connectivity index (χ2n) is 4.31. The summed E-state index contributed by atoms with van der Waals surface area (Å²) < 4.78 is 19.0. The Labute approximate surface area is 122 Å². The molecule has 2 rings (SSSR count). The molecule has 0 unspecified atom stereocenters. The highest BCUT2D eigenvalue weighted by Gasteiger charge is 1.81. The van der Waals surface area contributed by atoms with Gasteiger partial charge in [-0.2, -0.15) is 0 Å². The highest BCUT2D eigenvalue weighted by molar-refractivity contribution is 5.20. The van der Waals surface area contributed by atoms with Crippen LogP contribution in [0, 0.1) is 27.7 Å². The molecule has 0 bridgehead atoms. The van der Waals surface area contributed by atoms with Crippen molar-refractivity contribution in [2.75, 3.05) is 14.4 Å². The van der Waals surface area contributed by atoms with Gasteiger partial charge in [-0.3, -0.25) is 8.78 Å². The molecule has 0 spiro atoms. The summed E-state index contributed by atoms with van der Waals surface area (Å²) in [7, 11) is 1.00. The predicted octanol–water partition coefficient (Wildman–Crippen LogP) is 5.78. The van der Waals surface area contributed by atoms with E-state index >= 15 is 0 Å². The van der Waals surface area contributed by atoms with Crippen molar-refractivity contribution in [3.8, 4) is 0 Å². The van der Waals surface area contributed by atoms with E-state index in [4.69, 9.17) is 0 Å². The van der Waals surface area contributed by atoms with Gasteiger partial charge in [0.05, 0.1) is 14.4 Å². The number of alkyl halides is 2. The van der Waals surface area contributed by atoms with Gasteiger partial charge in [0.2, 0.25) is 0 Å². The lowest BCUT2D eigenvalue weighted by Crippen LogP contribution is -1.71. The van der Waals surface area contributed by atoms with Crippen LogP contribution in [-0.4, -0.2) is 14.4 Å². The van der Waals surface area contributed by atoms with Crippen LogP contribution in [0.15, 0.2) is 48.5 Å². The topological polar surface area (TPSA) is 0 Å². The third kappa shape index (κ3) is 11.4. The van der Waals surface area contributed by atoms with Crippen molar-refractivity contribution in [1.82, 2.24) is 0 Å². The van der Waals surface area contributed by atoms with Gasteiger partial charge in [0, 0.05) is 0 Å². The van der Waals surface area contributed by atoms with Crippen LogP contribution in [0.5, 0.6) is 0 Å². The zero-order valence-corrected chi connectivity index (χ0v) is 13.4. The number of hydrogen-bond donors (Lipinski definition) is 0. The smallest absolute Gasteiger partial charge is 0.0785 e. The summed E-state index contributed by atoms with van der Waals surface area (Å²) in [6.45, 7) is 8.40. The van der Waals surface area contributed by atoms with Crippen LogP contribution >= 0.6 is 0 Å². The Balaban J connectivity index is 0. The van der Waals surface area contributed by atoms with Crippen molar-refractivity contribution in [2.45, 2.75) is 27.7 Å². The fourth-order valence-electron chi connectivity index (χ4n) is 1.44. The van der Waals surface area contributed by atoms with Gasteiger partial charge in [-0.15, -0.1) is 0 Å². The average molecular weight is 280 g/mol. The Kier molecular flexibility index (Phi) is 14.1. The van der Waals surface area contributed by atoms with E-state index in [2.05, 4.69) is 76.2 Å². The highest BCUT2D eigenvalue weighted by Crippen LogP contribution is 2.00. The zero-order valence-electron chi connectivity index (χ0n) is 13.4. The lowest BCUT2D eigenvalue weighted by Gasteiger charge is -1.90. The van der Waals surface area contributed by atoms with E-state index in [1.165, 1.54) is 22.3 Å². The minimum absolute atomic E-state index is 0.500. The molecule has 0 aliphatic carbocycles. The molecule has 0 amide bonds. The summed E-state index contributed by atoms with van der Waals surface area (Å²) in [4.78, 5) is 0. The van der Waals surface area contributed by atoms with Gasteiger partial charge >= 0.3 is 0 Å². The van der Waals surface area contributed by atoms with E-state index in [-0.39, 0.29) is 0 Å². The van der Waals surface area contributed by atoms with E-state index < -0.39 is 0 Å². The molecule has 2 aromatic rings. The Morgan fingerprint density at radius 3 is 1.00 bits per heavy atom. The summed E-state index contributed by atoms with van der Waals surface area (Å²) in [6.07, 6.45) is 0. The summed E-state index contributed by atoms with van der Waals surface area (Å²) >= 11 is 0. The molecule has 112 valence electrons. The van der Waals surface area contributed by atoms with E-state index in [1.54, 1.807) is 0 Å². The Hall–Kier alpha value is -1.70. The van der Waals surface area contributed by atoms with Crippen LogP contribution in [0.2, 0.25) is 0 Å². The average Bonchev–Trinajstić information content (AvgIpc) is 2.47. The van der Waals surface area contributed by atoms with E-state index in [0.29, 0.717) is 14.4 Å². The molecule has 0 atom stereocenters. The van der Waals surface area contributed by atoms with Gasteiger partial charge in [0.15, 0.2) is 0 Å².